The smallest absolute Gasteiger partial charge is 0.180 e. The maximum absolute atomic E-state index is 5.57. The molecule has 15 heavy (non-hydrogen) atoms. The summed E-state index contributed by atoms with van der Waals surface area (Å²) >= 11 is 0. The number of hydrogen-bond acceptors (Lipinski definition) is 4. The van der Waals surface area contributed by atoms with Crippen LogP contribution in [0, 0.1) is 0 Å². The van der Waals surface area contributed by atoms with Gasteiger partial charge in [-0.25, -0.2) is 15.0 Å². The number of nitrogens with two attached hydrogens (primary N) is 1. The van der Waals surface area contributed by atoms with Crippen molar-refractivity contribution in [3.05, 3.63) is 24.0 Å². The van der Waals surface area contributed by atoms with Crippen LogP contribution >= 0.6 is 0 Å². The van der Waals surface area contributed by atoms with Gasteiger partial charge in [-0.1, -0.05) is 20.8 Å². The van der Waals surface area contributed by atoms with Crippen LogP contribution in [0.1, 0.15) is 26.5 Å². The molecule has 0 aromatic carbocycles. The third-order valence-electron chi connectivity index (χ3n) is 2.19. The van der Waals surface area contributed by atoms with Gasteiger partial charge in [0.05, 0.1) is 11.9 Å². The summed E-state index contributed by atoms with van der Waals surface area (Å²) in [6.07, 6.45) is 1.76. The molecule has 2 heterocycles. The van der Waals surface area contributed by atoms with Crippen LogP contribution in [0.4, 0.5) is 5.82 Å². The summed E-state index contributed by atoms with van der Waals surface area (Å²) in [5.41, 5.74) is 7.92. The summed E-state index contributed by atoms with van der Waals surface area (Å²) in [4.78, 5) is 12.9. The van der Waals surface area contributed by atoms with Crippen molar-refractivity contribution < 1.29 is 0 Å². The van der Waals surface area contributed by atoms with E-state index in [1.807, 2.05) is 6.07 Å². The minimum absolute atomic E-state index is 0.00256. The molecule has 4 heteroatoms. The minimum atomic E-state index is 0.00256. The van der Waals surface area contributed by atoms with E-state index in [1.54, 1.807) is 12.3 Å². The molecule has 0 unspecified atom stereocenters. The predicted octanol–water partition coefficient (Wildman–Crippen LogP) is 1.90. The first-order valence-corrected chi connectivity index (χ1v) is 4.86. The van der Waals surface area contributed by atoms with Crippen LogP contribution < -0.4 is 5.73 Å². The van der Waals surface area contributed by atoms with Crippen molar-refractivity contribution in [3.63, 3.8) is 0 Å². The SMILES string of the molecule is CC(C)(C)c1cnc2nc(N)ccc2n1. The molecular formula is C11H14N4. The molecule has 2 rings (SSSR count). The fourth-order valence-corrected chi connectivity index (χ4v) is 1.28. The molecule has 0 aliphatic carbocycles. The number of fused-ring (bicyclic) bond motifs is 1. The Bertz CT molecular complexity index is 499. The molecule has 0 aliphatic heterocycles. The molecule has 0 radical (unpaired) electrons. The van der Waals surface area contributed by atoms with Crippen LogP contribution in [-0.2, 0) is 5.41 Å². The zero-order valence-electron chi connectivity index (χ0n) is 9.15. The maximum atomic E-state index is 5.57. The topological polar surface area (TPSA) is 64.7 Å². The minimum Gasteiger partial charge on any atom is -0.384 e. The molecule has 0 fully saturated rings. The van der Waals surface area contributed by atoms with Crippen molar-refractivity contribution in [2.24, 2.45) is 0 Å². The van der Waals surface area contributed by atoms with E-state index in [0.29, 0.717) is 11.5 Å². The molecular weight excluding hydrogens is 188 g/mol. The number of pyridine rings is 1. The second-order valence-corrected chi connectivity index (χ2v) is 4.58. The lowest BCUT2D eigenvalue weighted by atomic mass is 9.93. The van der Waals surface area contributed by atoms with Gasteiger partial charge in [-0.15, -0.1) is 0 Å². The van der Waals surface area contributed by atoms with Gasteiger partial charge in [-0.3, -0.25) is 0 Å². The van der Waals surface area contributed by atoms with E-state index in [-0.39, 0.29) is 5.41 Å². The zero-order chi connectivity index (χ0) is 11.1. The van der Waals surface area contributed by atoms with Crippen LogP contribution in [-0.4, -0.2) is 15.0 Å². The average molecular weight is 202 g/mol. The fraction of sp³-hybridized carbons (Fsp3) is 0.364. The Labute approximate surface area is 88.6 Å². The van der Waals surface area contributed by atoms with Gasteiger partial charge in [0.25, 0.3) is 0 Å². The quantitative estimate of drug-likeness (QED) is 0.708. The third-order valence-corrected chi connectivity index (χ3v) is 2.19. The summed E-state index contributed by atoms with van der Waals surface area (Å²) in [6, 6.07) is 3.59. The largest absolute Gasteiger partial charge is 0.384 e. The number of rotatable bonds is 0. The van der Waals surface area contributed by atoms with Gasteiger partial charge in [0, 0.05) is 5.41 Å². The van der Waals surface area contributed by atoms with Crippen LogP contribution in [0.15, 0.2) is 18.3 Å². The molecule has 0 spiro atoms. The van der Waals surface area contributed by atoms with Crippen molar-refractivity contribution in [1.82, 2.24) is 15.0 Å². The first-order chi connectivity index (χ1) is 6.97. The number of anilines is 1. The van der Waals surface area contributed by atoms with E-state index in [2.05, 4.69) is 35.7 Å². The van der Waals surface area contributed by atoms with Gasteiger partial charge in [-0.05, 0) is 12.1 Å². The van der Waals surface area contributed by atoms with Crippen molar-refractivity contribution in [3.8, 4) is 0 Å². The van der Waals surface area contributed by atoms with E-state index in [0.717, 1.165) is 11.2 Å². The highest BCUT2D eigenvalue weighted by molar-refractivity contribution is 5.71. The van der Waals surface area contributed by atoms with E-state index >= 15 is 0 Å². The van der Waals surface area contributed by atoms with Crippen LogP contribution in [0.3, 0.4) is 0 Å². The number of aromatic nitrogens is 3. The molecule has 0 amide bonds. The second-order valence-electron chi connectivity index (χ2n) is 4.58. The maximum Gasteiger partial charge on any atom is 0.180 e. The Kier molecular flexibility index (Phi) is 2.07. The summed E-state index contributed by atoms with van der Waals surface area (Å²) in [7, 11) is 0. The third kappa shape index (κ3) is 1.88. The summed E-state index contributed by atoms with van der Waals surface area (Å²) in [5, 5.41) is 0. The molecule has 2 N–H and O–H groups in total. The Morgan fingerprint density at radius 3 is 2.53 bits per heavy atom. The zero-order valence-corrected chi connectivity index (χ0v) is 9.15. The number of nitrogen functional groups attached to an aromatic ring is 1. The number of nitrogens with zero attached hydrogens (tertiary/aromatic N) is 3. The van der Waals surface area contributed by atoms with Crippen LogP contribution in [0.5, 0.6) is 0 Å². The van der Waals surface area contributed by atoms with Gasteiger partial charge in [0.1, 0.15) is 11.3 Å². The van der Waals surface area contributed by atoms with E-state index in [4.69, 9.17) is 5.73 Å². The highest BCUT2D eigenvalue weighted by atomic mass is 14.9. The van der Waals surface area contributed by atoms with E-state index in [1.165, 1.54) is 0 Å². The molecule has 2 aromatic rings. The van der Waals surface area contributed by atoms with Gasteiger partial charge >= 0.3 is 0 Å². The summed E-state index contributed by atoms with van der Waals surface area (Å²) in [5.74, 6) is 0.473. The molecule has 78 valence electrons. The first-order valence-electron chi connectivity index (χ1n) is 4.86. The highest BCUT2D eigenvalue weighted by Crippen LogP contribution is 2.20. The van der Waals surface area contributed by atoms with E-state index < -0.39 is 0 Å². The molecule has 0 bridgehead atoms. The molecule has 0 saturated heterocycles. The highest BCUT2D eigenvalue weighted by Gasteiger charge is 2.16. The average Bonchev–Trinajstić information content (AvgIpc) is 2.15. The van der Waals surface area contributed by atoms with Crippen molar-refractivity contribution >= 4 is 17.0 Å². The Morgan fingerprint density at radius 1 is 1.13 bits per heavy atom. The summed E-state index contributed by atoms with van der Waals surface area (Å²) < 4.78 is 0. The monoisotopic (exact) mass is 202 g/mol. The Hall–Kier alpha value is -1.71. The van der Waals surface area contributed by atoms with Crippen molar-refractivity contribution in [2.75, 3.05) is 5.73 Å². The van der Waals surface area contributed by atoms with Gasteiger partial charge < -0.3 is 5.73 Å². The van der Waals surface area contributed by atoms with Crippen LogP contribution in [0.25, 0.3) is 11.2 Å². The van der Waals surface area contributed by atoms with Crippen molar-refractivity contribution in [2.45, 2.75) is 26.2 Å². The Balaban J connectivity index is 2.62. The number of hydrogen-bond donors (Lipinski definition) is 1. The molecule has 0 saturated carbocycles. The summed E-state index contributed by atoms with van der Waals surface area (Å²) in [6.45, 7) is 6.31. The fourth-order valence-electron chi connectivity index (χ4n) is 1.28. The van der Waals surface area contributed by atoms with Gasteiger partial charge in [0.2, 0.25) is 0 Å². The Morgan fingerprint density at radius 2 is 1.87 bits per heavy atom. The van der Waals surface area contributed by atoms with Gasteiger partial charge in [-0.2, -0.15) is 0 Å². The van der Waals surface area contributed by atoms with Crippen molar-refractivity contribution in [1.29, 1.82) is 0 Å². The molecule has 0 atom stereocenters. The lowest BCUT2D eigenvalue weighted by Gasteiger charge is -2.16. The molecule has 2 aromatic heterocycles. The first kappa shape index (κ1) is 9.83. The normalized spacial score (nSPS) is 11.9. The molecule has 4 nitrogen and oxygen atoms in total. The predicted molar refractivity (Wildman–Crippen MR) is 60.4 cm³/mol. The second kappa shape index (κ2) is 3.15. The lowest BCUT2D eigenvalue weighted by molar-refractivity contribution is 0.568. The van der Waals surface area contributed by atoms with E-state index in [9.17, 15) is 0 Å². The standard InChI is InChI=1S/C11H14N4/c1-11(2,3)8-6-13-10-7(14-8)4-5-9(12)15-10/h4-6H,1-3H3,(H2,12,13,15). The lowest BCUT2D eigenvalue weighted by Crippen LogP contribution is -2.14. The van der Waals surface area contributed by atoms with Gasteiger partial charge in [0.15, 0.2) is 5.65 Å². The van der Waals surface area contributed by atoms with Crippen LogP contribution in [0.2, 0.25) is 0 Å². The molecule has 0 aliphatic rings.